The number of carbonyl (C=O) groups excluding carboxylic acids is 1. The second-order valence-corrected chi connectivity index (χ2v) is 7.20. The topological polar surface area (TPSA) is 59.4 Å². The van der Waals surface area contributed by atoms with Crippen LogP contribution in [-0.4, -0.2) is 29.6 Å². The fraction of sp³-hybridized carbons (Fsp3) is 0.167. The fourth-order valence-corrected chi connectivity index (χ4v) is 3.45. The highest BCUT2D eigenvalue weighted by atomic mass is 16.5. The fourth-order valence-electron chi connectivity index (χ4n) is 3.45. The SMILES string of the molecule is COc1ccc(Nc2cc3c(cn2)cc(-c2cccc(N(C)C(C)=O)c2)n3C)cc1. The molecule has 0 atom stereocenters. The summed E-state index contributed by atoms with van der Waals surface area (Å²) in [5.74, 6) is 1.59. The van der Waals surface area contributed by atoms with Gasteiger partial charge in [-0.1, -0.05) is 12.1 Å². The van der Waals surface area contributed by atoms with Gasteiger partial charge in [0.1, 0.15) is 11.6 Å². The molecule has 0 saturated carbocycles. The van der Waals surface area contributed by atoms with Crippen molar-refractivity contribution < 1.29 is 9.53 Å². The molecule has 0 aliphatic rings. The summed E-state index contributed by atoms with van der Waals surface area (Å²) in [4.78, 5) is 17.9. The zero-order valence-corrected chi connectivity index (χ0v) is 17.5. The molecule has 1 amide bonds. The lowest BCUT2D eigenvalue weighted by Crippen LogP contribution is -2.22. The van der Waals surface area contributed by atoms with Gasteiger partial charge in [0.05, 0.1) is 12.6 Å². The molecule has 4 rings (SSSR count). The first kappa shape index (κ1) is 19.5. The van der Waals surface area contributed by atoms with Crippen LogP contribution < -0.4 is 15.0 Å². The molecular weight excluding hydrogens is 376 g/mol. The van der Waals surface area contributed by atoms with Crippen LogP contribution >= 0.6 is 0 Å². The van der Waals surface area contributed by atoms with Crippen molar-refractivity contribution in [3.05, 3.63) is 66.9 Å². The first-order valence-electron chi connectivity index (χ1n) is 9.67. The molecule has 0 bridgehead atoms. The van der Waals surface area contributed by atoms with Crippen LogP contribution in [0.1, 0.15) is 6.92 Å². The Balaban J connectivity index is 1.67. The third-order valence-electron chi connectivity index (χ3n) is 5.29. The number of ether oxygens (including phenoxy) is 1. The maximum Gasteiger partial charge on any atom is 0.223 e. The minimum atomic E-state index is 0.00244. The minimum Gasteiger partial charge on any atom is -0.497 e. The molecular formula is C24H24N4O2. The number of fused-ring (bicyclic) bond motifs is 1. The molecule has 1 N–H and O–H groups in total. The number of amides is 1. The number of nitrogens with one attached hydrogen (secondary N) is 1. The number of hydrogen-bond donors (Lipinski definition) is 1. The standard InChI is InChI=1S/C24H24N4O2/c1-16(29)27(2)20-7-5-6-17(12-20)22-13-18-15-25-24(14-23(18)28(22)3)26-19-8-10-21(30-4)11-9-19/h5-15H,1-4H3,(H,25,26). The summed E-state index contributed by atoms with van der Waals surface area (Å²) < 4.78 is 7.35. The number of hydrogen-bond acceptors (Lipinski definition) is 4. The highest BCUT2D eigenvalue weighted by molar-refractivity contribution is 5.93. The lowest BCUT2D eigenvalue weighted by atomic mass is 10.1. The van der Waals surface area contributed by atoms with E-state index in [-0.39, 0.29) is 5.91 Å². The van der Waals surface area contributed by atoms with Gasteiger partial charge in [0, 0.05) is 61.3 Å². The summed E-state index contributed by atoms with van der Waals surface area (Å²) in [6.07, 6.45) is 1.87. The van der Waals surface area contributed by atoms with E-state index >= 15 is 0 Å². The van der Waals surface area contributed by atoms with Crippen LogP contribution in [0, 0.1) is 0 Å². The van der Waals surface area contributed by atoms with E-state index in [0.29, 0.717) is 0 Å². The molecule has 0 radical (unpaired) electrons. The van der Waals surface area contributed by atoms with Gasteiger partial charge in [0.15, 0.2) is 0 Å². The number of rotatable bonds is 5. The van der Waals surface area contributed by atoms with E-state index in [1.807, 2.05) is 61.8 Å². The zero-order chi connectivity index (χ0) is 21.3. The van der Waals surface area contributed by atoms with Gasteiger partial charge in [-0.2, -0.15) is 0 Å². The van der Waals surface area contributed by atoms with E-state index in [1.165, 1.54) is 0 Å². The van der Waals surface area contributed by atoms with Gasteiger partial charge < -0.3 is 19.5 Å². The molecule has 30 heavy (non-hydrogen) atoms. The number of aryl methyl sites for hydroxylation is 1. The van der Waals surface area contributed by atoms with E-state index in [4.69, 9.17) is 4.74 Å². The molecule has 6 heteroatoms. The molecule has 0 fully saturated rings. The molecule has 2 aromatic heterocycles. The van der Waals surface area contributed by atoms with Crippen LogP contribution in [0.15, 0.2) is 66.9 Å². The van der Waals surface area contributed by atoms with Crippen molar-refractivity contribution in [1.29, 1.82) is 0 Å². The quantitative estimate of drug-likeness (QED) is 0.514. The maximum atomic E-state index is 11.7. The summed E-state index contributed by atoms with van der Waals surface area (Å²) >= 11 is 0. The predicted molar refractivity (Wildman–Crippen MR) is 122 cm³/mol. The summed E-state index contributed by atoms with van der Waals surface area (Å²) in [5.41, 5.74) is 4.99. The molecule has 0 saturated heterocycles. The van der Waals surface area contributed by atoms with Gasteiger partial charge in [-0.15, -0.1) is 0 Å². The Morgan fingerprint density at radius 3 is 2.57 bits per heavy atom. The first-order chi connectivity index (χ1) is 14.5. The van der Waals surface area contributed by atoms with E-state index in [1.54, 1.807) is 26.0 Å². The smallest absolute Gasteiger partial charge is 0.223 e. The van der Waals surface area contributed by atoms with Crippen LogP contribution in [0.2, 0.25) is 0 Å². The molecule has 4 aromatic rings. The van der Waals surface area contributed by atoms with Gasteiger partial charge in [0.2, 0.25) is 5.91 Å². The molecule has 2 aromatic carbocycles. The van der Waals surface area contributed by atoms with Crippen LogP contribution in [0.25, 0.3) is 22.2 Å². The number of pyridine rings is 1. The largest absolute Gasteiger partial charge is 0.497 e. The Morgan fingerprint density at radius 2 is 1.87 bits per heavy atom. The lowest BCUT2D eigenvalue weighted by molar-refractivity contribution is -0.116. The lowest BCUT2D eigenvalue weighted by Gasteiger charge is -2.16. The van der Waals surface area contributed by atoms with Gasteiger partial charge >= 0.3 is 0 Å². The van der Waals surface area contributed by atoms with E-state index in [2.05, 4.69) is 27.0 Å². The number of methoxy groups -OCH3 is 1. The van der Waals surface area contributed by atoms with Crippen LogP contribution in [0.5, 0.6) is 5.75 Å². The Kier molecular flexibility index (Phi) is 5.14. The predicted octanol–water partition coefficient (Wildman–Crippen LogP) is 4.98. The summed E-state index contributed by atoms with van der Waals surface area (Å²) in [5, 5.41) is 4.39. The number of benzene rings is 2. The van der Waals surface area contributed by atoms with Crippen molar-refractivity contribution in [2.75, 3.05) is 24.4 Å². The molecule has 0 unspecified atom stereocenters. The van der Waals surface area contributed by atoms with E-state index in [9.17, 15) is 4.79 Å². The van der Waals surface area contributed by atoms with Gasteiger partial charge in [-0.25, -0.2) is 4.98 Å². The van der Waals surface area contributed by atoms with Crippen LogP contribution in [-0.2, 0) is 11.8 Å². The average Bonchev–Trinajstić information content (AvgIpc) is 3.10. The Hall–Kier alpha value is -3.80. The number of nitrogens with zero attached hydrogens (tertiary/aromatic N) is 3. The van der Waals surface area contributed by atoms with Crippen molar-refractivity contribution in [3.8, 4) is 17.0 Å². The molecule has 152 valence electrons. The van der Waals surface area contributed by atoms with Crippen molar-refractivity contribution in [3.63, 3.8) is 0 Å². The minimum absolute atomic E-state index is 0.00244. The zero-order valence-electron chi connectivity index (χ0n) is 17.5. The second-order valence-electron chi connectivity index (χ2n) is 7.20. The normalized spacial score (nSPS) is 10.8. The monoisotopic (exact) mass is 400 g/mol. The van der Waals surface area contributed by atoms with Gasteiger partial charge in [0.25, 0.3) is 0 Å². The molecule has 0 spiro atoms. The highest BCUT2D eigenvalue weighted by Gasteiger charge is 2.12. The average molecular weight is 400 g/mol. The summed E-state index contributed by atoms with van der Waals surface area (Å²) in [7, 11) is 5.47. The third kappa shape index (κ3) is 3.72. The Bertz CT molecular complexity index is 1210. The van der Waals surface area contributed by atoms with Crippen LogP contribution in [0.4, 0.5) is 17.2 Å². The van der Waals surface area contributed by atoms with Gasteiger partial charge in [-0.05, 0) is 42.5 Å². The van der Waals surface area contributed by atoms with Crippen molar-refractivity contribution in [2.24, 2.45) is 7.05 Å². The molecule has 0 aliphatic carbocycles. The highest BCUT2D eigenvalue weighted by Crippen LogP contribution is 2.31. The third-order valence-corrected chi connectivity index (χ3v) is 5.29. The first-order valence-corrected chi connectivity index (χ1v) is 9.67. The van der Waals surface area contributed by atoms with E-state index < -0.39 is 0 Å². The Morgan fingerprint density at radius 1 is 1.10 bits per heavy atom. The maximum absolute atomic E-state index is 11.7. The van der Waals surface area contributed by atoms with Crippen molar-refractivity contribution in [2.45, 2.75) is 6.92 Å². The Labute approximate surface area is 175 Å². The number of carbonyl (C=O) groups is 1. The number of aromatic nitrogens is 2. The molecule has 6 nitrogen and oxygen atoms in total. The summed E-state index contributed by atoms with van der Waals surface area (Å²) in [6.45, 7) is 1.56. The van der Waals surface area contributed by atoms with Crippen molar-refractivity contribution >= 4 is 34.0 Å². The second kappa shape index (κ2) is 7.91. The number of anilines is 3. The van der Waals surface area contributed by atoms with Gasteiger partial charge in [-0.3, -0.25) is 4.79 Å². The van der Waals surface area contributed by atoms with E-state index in [0.717, 1.165) is 45.1 Å². The molecule has 2 heterocycles. The molecule has 0 aliphatic heterocycles. The van der Waals surface area contributed by atoms with Crippen molar-refractivity contribution in [1.82, 2.24) is 9.55 Å². The summed E-state index contributed by atoms with van der Waals surface area (Å²) in [6, 6.07) is 19.9. The van der Waals surface area contributed by atoms with Crippen LogP contribution in [0.3, 0.4) is 0 Å².